The lowest BCUT2D eigenvalue weighted by atomic mass is 10.0. The predicted molar refractivity (Wildman–Crippen MR) is 67.3 cm³/mol. The molecule has 1 rings (SSSR count). The van der Waals surface area contributed by atoms with Crippen molar-refractivity contribution in [3.63, 3.8) is 0 Å². The van der Waals surface area contributed by atoms with Crippen molar-refractivity contribution < 1.29 is 32.5 Å². The first-order valence-corrected chi connectivity index (χ1v) is 6.31. The maximum absolute atomic E-state index is 12.7. The van der Waals surface area contributed by atoms with E-state index in [0.29, 0.717) is 6.07 Å². The number of aliphatic hydroxyl groups excluding tert-OH is 1. The summed E-state index contributed by atoms with van der Waals surface area (Å²) in [5.74, 6) is -1.22. The number of carbonyl (C=O) groups is 1. The Kier molecular flexibility index (Phi) is 5.41. The van der Waals surface area contributed by atoms with Gasteiger partial charge in [-0.1, -0.05) is 15.9 Å². The van der Waals surface area contributed by atoms with Gasteiger partial charge >= 0.3 is 12.1 Å². The summed E-state index contributed by atoms with van der Waals surface area (Å²) in [7, 11) is 1.14. The third kappa shape index (κ3) is 3.63. The van der Waals surface area contributed by atoms with E-state index in [9.17, 15) is 23.1 Å². The average molecular weight is 357 g/mol. The van der Waals surface area contributed by atoms with Gasteiger partial charge in [0.25, 0.3) is 0 Å². The smallest absolute Gasteiger partial charge is 0.416 e. The van der Waals surface area contributed by atoms with Crippen LogP contribution >= 0.6 is 15.9 Å². The monoisotopic (exact) mass is 356 g/mol. The molecule has 0 bridgehead atoms. The Balaban J connectivity index is 3.30. The highest BCUT2D eigenvalue weighted by Gasteiger charge is 2.34. The van der Waals surface area contributed by atoms with Crippen LogP contribution in [0.3, 0.4) is 0 Å². The fourth-order valence-corrected chi connectivity index (χ4v) is 2.19. The molecule has 0 radical (unpaired) electrons. The van der Waals surface area contributed by atoms with Gasteiger partial charge in [0.15, 0.2) is 6.10 Å². The Morgan fingerprint density at radius 1 is 1.45 bits per heavy atom. The van der Waals surface area contributed by atoms with Crippen molar-refractivity contribution in [1.82, 2.24) is 0 Å². The Bertz CT molecular complexity index is 502. The first kappa shape index (κ1) is 16.8. The maximum atomic E-state index is 12.7. The Hall–Kier alpha value is -1.28. The number of ether oxygens (including phenoxy) is 2. The first-order chi connectivity index (χ1) is 9.22. The van der Waals surface area contributed by atoms with Gasteiger partial charge in [0, 0.05) is 10.0 Å². The van der Waals surface area contributed by atoms with Crippen LogP contribution in [-0.4, -0.2) is 24.8 Å². The molecule has 0 amide bonds. The maximum Gasteiger partial charge on any atom is 0.416 e. The van der Waals surface area contributed by atoms with E-state index < -0.39 is 23.8 Å². The van der Waals surface area contributed by atoms with Gasteiger partial charge in [-0.05, 0) is 19.1 Å². The van der Waals surface area contributed by atoms with Crippen LogP contribution < -0.4 is 4.74 Å². The number of alkyl halides is 3. The fraction of sp³-hybridized carbons (Fsp3) is 0.417. The highest BCUT2D eigenvalue weighted by molar-refractivity contribution is 9.10. The molecule has 1 atom stereocenters. The molecule has 0 heterocycles. The number of methoxy groups -OCH3 is 1. The topological polar surface area (TPSA) is 55.8 Å². The van der Waals surface area contributed by atoms with Crippen molar-refractivity contribution in [3.8, 4) is 5.75 Å². The second kappa shape index (κ2) is 6.45. The number of hydrogen-bond donors (Lipinski definition) is 1. The normalized spacial score (nSPS) is 12.9. The molecule has 4 nitrogen and oxygen atoms in total. The minimum absolute atomic E-state index is 0.0382. The van der Waals surface area contributed by atoms with E-state index in [2.05, 4.69) is 20.7 Å². The zero-order valence-electron chi connectivity index (χ0n) is 10.6. The van der Waals surface area contributed by atoms with Gasteiger partial charge in [0.1, 0.15) is 5.75 Å². The molecule has 0 aliphatic heterocycles. The molecular formula is C12H12BrF3O4. The number of halogens is 4. The molecule has 1 aromatic rings. The zero-order valence-corrected chi connectivity index (χ0v) is 12.2. The molecule has 1 aromatic carbocycles. The van der Waals surface area contributed by atoms with Gasteiger partial charge in [-0.3, -0.25) is 0 Å². The van der Waals surface area contributed by atoms with Gasteiger partial charge in [-0.25, -0.2) is 4.79 Å². The van der Waals surface area contributed by atoms with Crippen LogP contribution in [0.4, 0.5) is 13.2 Å². The summed E-state index contributed by atoms with van der Waals surface area (Å²) >= 11 is 2.90. The van der Waals surface area contributed by atoms with E-state index in [1.165, 1.54) is 0 Å². The molecule has 0 spiro atoms. The Morgan fingerprint density at radius 3 is 2.50 bits per heavy atom. The summed E-state index contributed by atoms with van der Waals surface area (Å²) in [5, 5.41) is 9.84. The molecule has 0 saturated heterocycles. The van der Waals surface area contributed by atoms with Crippen LogP contribution in [0.15, 0.2) is 16.6 Å². The van der Waals surface area contributed by atoms with Crippen molar-refractivity contribution in [2.24, 2.45) is 0 Å². The molecule has 0 aliphatic carbocycles. The number of esters is 1. The lowest BCUT2D eigenvalue weighted by Gasteiger charge is -2.18. The molecular weight excluding hydrogens is 345 g/mol. The Morgan fingerprint density at radius 2 is 2.05 bits per heavy atom. The van der Waals surface area contributed by atoms with Gasteiger partial charge < -0.3 is 14.6 Å². The van der Waals surface area contributed by atoms with E-state index in [1.54, 1.807) is 6.92 Å². The van der Waals surface area contributed by atoms with Crippen molar-refractivity contribution in [3.05, 3.63) is 27.7 Å². The summed E-state index contributed by atoms with van der Waals surface area (Å²) in [6.07, 6.45) is -6.30. The molecule has 1 N–H and O–H groups in total. The van der Waals surface area contributed by atoms with E-state index in [-0.39, 0.29) is 22.4 Å². The molecule has 0 saturated carbocycles. The molecule has 8 heteroatoms. The summed E-state index contributed by atoms with van der Waals surface area (Å²) in [4.78, 5) is 11.5. The molecule has 1 unspecified atom stereocenters. The second-order valence-electron chi connectivity index (χ2n) is 3.73. The zero-order chi connectivity index (χ0) is 15.5. The van der Waals surface area contributed by atoms with Crippen LogP contribution in [0.1, 0.15) is 24.2 Å². The molecule has 112 valence electrons. The first-order valence-electron chi connectivity index (χ1n) is 5.51. The van der Waals surface area contributed by atoms with E-state index >= 15 is 0 Å². The van der Waals surface area contributed by atoms with Crippen LogP contribution in [0.5, 0.6) is 5.75 Å². The van der Waals surface area contributed by atoms with Crippen molar-refractivity contribution in [2.75, 3.05) is 13.7 Å². The van der Waals surface area contributed by atoms with Crippen LogP contribution in [-0.2, 0) is 15.7 Å². The summed E-state index contributed by atoms with van der Waals surface area (Å²) in [6, 6.07) is 1.48. The van der Waals surface area contributed by atoms with Gasteiger partial charge in [-0.2, -0.15) is 13.2 Å². The van der Waals surface area contributed by atoms with Crippen LogP contribution in [0.2, 0.25) is 0 Å². The van der Waals surface area contributed by atoms with E-state index in [1.807, 2.05) is 0 Å². The van der Waals surface area contributed by atoms with Crippen molar-refractivity contribution >= 4 is 21.9 Å². The van der Waals surface area contributed by atoms with Crippen LogP contribution in [0, 0.1) is 0 Å². The molecule has 20 heavy (non-hydrogen) atoms. The Labute approximate surface area is 121 Å². The lowest BCUT2D eigenvalue weighted by molar-refractivity contribution is -0.153. The summed E-state index contributed by atoms with van der Waals surface area (Å²) in [5.41, 5.74) is -1.07. The standard InChI is InChI=1S/C12H12BrF3O4/c1-3-20-11(18)10(17)9-7(13)4-6(12(14,15)16)5-8(9)19-2/h4-5,10,17H,3H2,1-2H3. The van der Waals surface area contributed by atoms with Crippen LogP contribution in [0.25, 0.3) is 0 Å². The number of hydrogen-bond acceptors (Lipinski definition) is 4. The van der Waals surface area contributed by atoms with E-state index in [0.717, 1.165) is 13.2 Å². The lowest BCUT2D eigenvalue weighted by Crippen LogP contribution is -2.17. The highest BCUT2D eigenvalue weighted by atomic mass is 79.9. The van der Waals surface area contributed by atoms with Crippen molar-refractivity contribution in [2.45, 2.75) is 19.2 Å². The number of aliphatic hydroxyl groups is 1. The third-order valence-corrected chi connectivity index (χ3v) is 3.08. The minimum atomic E-state index is -4.57. The predicted octanol–water partition coefficient (Wildman–Crippen LogP) is 3.07. The average Bonchev–Trinajstić information content (AvgIpc) is 2.36. The number of benzene rings is 1. The van der Waals surface area contributed by atoms with Gasteiger partial charge in [-0.15, -0.1) is 0 Å². The summed E-state index contributed by atoms with van der Waals surface area (Å²) in [6.45, 7) is 1.58. The van der Waals surface area contributed by atoms with Gasteiger partial charge in [0.2, 0.25) is 0 Å². The van der Waals surface area contributed by atoms with E-state index in [4.69, 9.17) is 4.74 Å². The van der Waals surface area contributed by atoms with Crippen molar-refractivity contribution in [1.29, 1.82) is 0 Å². The number of carbonyl (C=O) groups excluding carboxylic acids is 1. The molecule has 0 aliphatic rings. The second-order valence-corrected chi connectivity index (χ2v) is 4.58. The SMILES string of the molecule is CCOC(=O)C(O)c1c(Br)cc(C(F)(F)F)cc1OC. The molecule has 0 fully saturated rings. The number of rotatable bonds is 4. The van der Waals surface area contributed by atoms with Gasteiger partial charge in [0.05, 0.1) is 19.3 Å². The quantitative estimate of drug-likeness (QED) is 0.842. The summed E-state index contributed by atoms with van der Waals surface area (Å²) < 4.78 is 47.3. The minimum Gasteiger partial charge on any atom is -0.496 e. The largest absolute Gasteiger partial charge is 0.496 e. The fourth-order valence-electron chi connectivity index (χ4n) is 1.53. The molecule has 0 aromatic heterocycles. The third-order valence-electron chi connectivity index (χ3n) is 2.42. The highest BCUT2D eigenvalue weighted by Crippen LogP contribution is 2.39.